The van der Waals surface area contributed by atoms with Crippen LogP contribution in [-0.2, 0) is 33.3 Å². The van der Waals surface area contributed by atoms with Crippen LogP contribution in [0.25, 0.3) is 0 Å². The van der Waals surface area contributed by atoms with Gasteiger partial charge in [0.1, 0.15) is 18.1 Å². The summed E-state index contributed by atoms with van der Waals surface area (Å²) < 4.78 is 19.8. The first-order chi connectivity index (χ1) is 9.72. The first-order valence-corrected chi connectivity index (χ1v) is 6.61. The number of ether oxygens (including phenoxy) is 4. The van der Waals surface area contributed by atoms with Gasteiger partial charge in [-0.1, -0.05) is 0 Å². The zero-order valence-electron chi connectivity index (χ0n) is 11.8. The number of hydrogen-bond acceptors (Lipinski definition) is 8. The molecule has 0 aliphatic carbocycles. The van der Waals surface area contributed by atoms with E-state index in [1.165, 1.54) is 13.8 Å². The number of hydrogen-bond donors (Lipinski definition) is 1. The van der Waals surface area contributed by atoms with Crippen molar-refractivity contribution in [3.05, 3.63) is 0 Å². The van der Waals surface area contributed by atoms with Crippen LogP contribution in [0.2, 0.25) is 0 Å². The third-order valence-corrected chi connectivity index (χ3v) is 3.14. The molecule has 0 aromatic carbocycles. The van der Waals surface area contributed by atoms with Crippen LogP contribution in [0.3, 0.4) is 0 Å². The number of esters is 3. The normalized spacial score (nSPS) is 32.1. The molecule has 1 saturated heterocycles. The monoisotopic (exact) mass is 324 g/mol. The predicted molar refractivity (Wildman–Crippen MR) is 68.3 cm³/mol. The van der Waals surface area contributed by atoms with Gasteiger partial charge in [-0.3, -0.25) is 14.4 Å². The molecule has 1 fully saturated rings. The quantitative estimate of drug-likeness (QED) is 0.428. The van der Waals surface area contributed by atoms with Crippen molar-refractivity contribution < 1.29 is 38.4 Å². The average molecular weight is 325 g/mol. The van der Waals surface area contributed by atoms with Crippen LogP contribution in [-0.4, -0.2) is 59.6 Å². The Hall–Kier alpha value is -1.38. The first kappa shape index (κ1) is 17.7. The van der Waals surface area contributed by atoms with Gasteiger partial charge in [-0.15, -0.1) is 11.6 Å². The van der Waals surface area contributed by atoms with Gasteiger partial charge in [-0.25, -0.2) is 0 Å². The summed E-state index contributed by atoms with van der Waals surface area (Å²) in [6.45, 7) is 3.24. The summed E-state index contributed by atoms with van der Waals surface area (Å²) in [6, 6.07) is 0. The Balaban J connectivity index is 2.86. The Morgan fingerprint density at radius 1 is 1.05 bits per heavy atom. The molecule has 120 valence electrons. The minimum absolute atomic E-state index is 0.264. The van der Waals surface area contributed by atoms with E-state index in [-0.39, 0.29) is 6.61 Å². The highest BCUT2D eigenvalue weighted by Gasteiger charge is 2.48. The van der Waals surface area contributed by atoms with Crippen LogP contribution in [0.15, 0.2) is 0 Å². The van der Waals surface area contributed by atoms with Crippen molar-refractivity contribution in [1.29, 1.82) is 0 Å². The number of rotatable bonds is 4. The number of alkyl halides is 1. The average Bonchev–Trinajstić information content (AvgIpc) is 2.35. The van der Waals surface area contributed by atoms with Gasteiger partial charge in [0.2, 0.25) is 0 Å². The maximum Gasteiger partial charge on any atom is 0.303 e. The minimum atomic E-state index is -1.52. The van der Waals surface area contributed by atoms with Crippen molar-refractivity contribution in [3.8, 4) is 0 Å². The molecule has 21 heavy (non-hydrogen) atoms. The molecular formula is C12H17ClO8. The molecule has 0 spiro atoms. The number of carbonyl (C=O) groups excluding carboxylic acids is 3. The van der Waals surface area contributed by atoms with Crippen LogP contribution >= 0.6 is 11.6 Å². The van der Waals surface area contributed by atoms with Crippen molar-refractivity contribution in [2.24, 2.45) is 0 Å². The molecule has 5 atom stereocenters. The smallest absolute Gasteiger partial charge is 0.303 e. The summed E-state index contributed by atoms with van der Waals surface area (Å²) in [5.41, 5.74) is 0. The third kappa shape index (κ3) is 5.14. The molecule has 0 amide bonds. The van der Waals surface area contributed by atoms with Gasteiger partial charge in [0.25, 0.3) is 0 Å². The molecule has 0 radical (unpaired) electrons. The number of halogens is 1. The molecule has 0 aromatic rings. The summed E-state index contributed by atoms with van der Waals surface area (Å²) >= 11 is 6.11. The lowest BCUT2D eigenvalue weighted by atomic mass is 10.0. The summed E-state index contributed by atoms with van der Waals surface area (Å²) in [5, 5.41) is 8.76. The summed E-state index contributed by atoms with van der Waals surface area (Å²) in [6.07, 6.45) is -4.75. The second-order valence-electron chi connectivity index (χ2n) is 4.46. The van der Waals surface area contributed by atoms with E-state index in [0.717, 1.165) is 6.92 Å². The molecule has 0 bridgehead atoms. The summed E-state index contributed by atoms with van der Waals surface area (Å²) in [4.78, 5) is 33.0. The Labute approximate surface area is 126 Å². The van der Waals surface area contributed by atoms with Gasteiger partial charge in [0.15, 0.2) is 18.5 Å². The van der Waals surface area contributed by atoms with E-state index in [0.29, 0.717) is 0 Å². The van der Waals surface area contributed by atoms with Crippen LogP contribution in [0.1, 0.15) is 20.8 Å². The van der Waals surface area contributed by atoms with Crippen LogP contribution in [0.5, 0.6) is 0 Å². The Bertz CT molecular complexity index is 410. The van der Waals surface area contributed by atoms with Crippen molar-refractivity contribution in [1.82, 2.24) is 0 Å². The maximum atomic E-state index is 11.1. The topological polar surface area (TPSA) is 108 Å². The van der Waals surface area contributed by atoms with Gasteiger partial charge < -0.3 is 24.1 Å². The van der Waals surface area contributed by atoms with E-state index in [1.807, 2.05) is 0 Å². The number of carbonyl (C=O) groups is 3. The molecule has 1 N–H and O–H groups in total. The largest absolute Gasteiger partial charge is 0.463 e. The minimum Gasteiger partial charge on any atom is -0.463 e. The van der Waals surface area contributed by atoms with Crippen LogP contribution < -0.4 is 0 Å². The van der Waals surface area contributed by atoms with E-state index in [1.54, 1.807) is 0 Å². The highest BCUT2D eigenvalue weighted by atomic mass is 35.5. The molecule has 1 heterocycles. The maximum absolute atomic E-state index is 11.1. The highest BCUT2D eigenvalue weighted by Crippen LogP contribution is 2.29. The molecular weight excluding hydrogens is 308 g/mol. The van der Waals surface area contributed by atoms with E-state index in [4.69, 9.17) is 30.5 Å². The molecule has 8 nitrogen and oxygen atoms in total. The molecule has 9 heteroatoms. The predicted octanol–water partition coefficient (Wildman–Crippen LogP) is -0.263. The number of aliphatic hydroxyl groups excluding tert-OH is 1. The fourth-order valence-electron chi connectivity index (χ4n) is 1.86. The lowest BCUT2D eigenvalue weighted by molar-refractivity contribution is -0.260. The van der Waals surface area contributed by atoms with Crippen molar-refractivity contribution in [2.75, 3.05) is 6.61 Å². The van der Waals surface area contributed by atoms with Crippen molar-refractivity contribution >= 4 is 29.5 Å². The third-order valence-electron chi connectivity index (χ3n) is 2.64. The zero-order valence-corrected chi connectivity index (χ0v) is 12.5. The second-order valence-corrected chi connectivity index (χ2v) is 4.96. The fraction of sp³-hybridized carbons (Fsp3) is 0.750. The standard InChI is InChI=1S/C12H17ClO8/c1-5(14)18-4-8-10(19-6(2)15)9(13)11(12(17)21-8)20-7(3)16/h8-12,17H,4H2,1-3H3/t8-,9+,10+,11-,12?/m1/s1. The lowest BCUT2D eigenvalue weighted by Gasteiger charge is -2.40. The molecule has 1 unspecified atom stereocenters. The van der Waals surface area contributed by atoms with Crippen molar-refractivity contribution in [2.45, 2.75) is 50.8 Å². The molecule has 1 rings (SSSR count). The van der Waals surface area contributed by atoms with E-state index in [9.17, 15) is 19.5 Å². The molecule has 1 aliphatic rings. The molecule has 0 aromatic heterocycles. The van der Waals surface area contributed by atoms with E-state index >= 15 is 0 Å². The van der Waals surface area contributed by atoms with Gasteiger partial charge in [-0.2, -0.15) is 0 Å². The van der Waals surface area contributed by atoms with E-state index in [2.05, 4.69) is 0 Å². The highest BCUT2D eigenvalue weighted by molar-refractivity contribution is 6.21. The molecule has 0 saturated carbocycles. The summed E-state index contributed by atoms with van der Waals surface area (Å²) in [7, 11) is 0. The fourth-order valence-corrected chi connectivity index (χ4v) is 2.25. The van der Waals surface area contributed by atoms with E-state index < -0.39 is 47.9 Å². The van der Waals surface area contributed by atoms with Gasteiger partial charge in [0.05, 0.1) is 0 Å². The Kier molecular flexibility index (Phi) is 6.38. The van der Waals surface area contributed by atoms with Gasteiger partial charge in [0, 0.05) is 20.8 Å². The first-order valence-electron chi connectivity index (χ1n) is 6.17. The van der Waals surface area contributed by atoms with Gasteiger partial charge >= 0.3 is 17.9 Å². The Morgan fingerprint density at radius 2 is 1.57 bits per heavy atom. The second kappa shape index (κ2) is 7.58. The number of aliphatic hydroxyl groups is 1. The Morgan fingerprint density at radius 3 is 2.05 bits per heavy atom. The summed E-state index contributed by atoms with van der Waals surface area (Å²) in [5.74, 6) is -1.88. The van der Waals surface area contributed by atoms with Gasteiger partial charge in [-0.05, 0) is 0 Å². The molecule has 1 aliphatic heterocycles. The van der Waals surface area contributed by atoms with Crippen LogP contribution in [0, 0.1) is 0 Å². The van der Waals surface area contributed by atoms with Crippen molar-refractivity contribution in [3.63, 3.8) is 0 Å². The SMILES string of the molecule is CC(=O)OC[C@H]1OC(O)[C@H](OC(C)=O)[C@@H](Cl)[C@H]1OC(C)=O. The zero-order chi connectivity index (χ0) is 16.2. The van der Waals surface area contributed by atoms with Crippen LogP contribution in [0.4, 0.5) is 0 Å². The lowest BCUT2D eigenvalue weighted by Crippen LogP contribution is -2.59.